The normalized spacial score (nSPS) is 11.4. The van der Waals surface area contributed by atoms with Crippen molar-refractivity contribution >= 4 is 23.6 Å². The zero-order valence-electron chi connectivity index (χ0n) is 17.6. The molecular weight excluding hydrogens is 398 g/mol. The minimum atomic E-state index is -0.735. The average Bonchev–Trinajstić information content (AvgIpc) is 3.49. The Hall–Kier alpha value is -3.75. The van der Waals surface area contributed by atoms with Crippen LogP contribution in [0.2, 0.25) is 0 Å². The van der Waals surface area contributed by atoms with E-state index in [0.29, 0.717) is 24.7 Å². The van der Waals surface area contributed by atoms with Crippen LogP contribution in [0.15, 0.2) is 53.1 Å². The molecule has 0 atom stereocenters. The summed E-state index contributed by atoms with van der Waals surface area (Å²) in [6.07, 6.45) is 4.83. The smallest absolute Gasteiger partial charge is 0.357 e. The minimum absolute atomic E-state index is 0.0307. The van der Waals surface area contributed by atoms with Crippen LogP contribution < -0.4 is 0 Å². The van der Waals surface area contributed by atoms with E-state index in [0.717, 1.165) is 18.4 Å². The summed E-state index contributed by atoms with van der Waals surface area (Å²) in [7, 11) is 0. The number of esters is 1. The molecule has 162 valence electrons. The molecule has 0 saturated heterocycles. The molecule has 2 heterocycles. The third kappa shape index (κ3) is 5.65. The molecule has 3 rings (SSSR count). The van der Waals surface area contributed by atoms with Gasteiger partial charge in [0.05, 0.1) is 6.26 Å². The summed E-state index contributed by atoms with van der Waals surface area (Å²) in [5.41, 5.74) is 0.752. The molecule has 2 aromatic heterocycles. The second-order valence-electron chi connectivity index (χ2n) is 6.73. The lowest BCUT2D eigenvalue weighted by molar-refractivity contribution is -0.147. The van der Waals surface area contributed by atoms with E-state index < -0.39 is 5.97 Å². The van der Waals surface area contributed by atoms with Crippen molar-refractivity contribution in [2.75, 3.05) is 19.7 Å². The van der Waals surface area contributed by atoms with Crippen molar-refractivity contribution in [1.29, 1.82) is 0 Å². The van der Waals surface area contributed by atoms with Gasteiger partial charge in [0.1, 0.15) is 5.76 Å². The Morgan fingerprint density at radius 1 is 1.16 bits per heavy atom. The van der Waals surface area contributed by atoms with Gasteiger partial charge in [-0.2, -0.15) is 4.68 Å². The highest BCUT2D eigenvalue weighted by molar-refractivity contribution is 6.15. The van der Waals surface area contributed by atoms with Crippen LogP contribution in [0.3, 0.4) is 0 Å². The van der Waals surface area contributed by atoms with Crippen molar-refractivity contribution in [3.8, 4) is 11.4 Å². The van der Waals surface area contributed by atoms with Gasteiger partial charge in [0.15, 0.2) is 18.1 Å². The first-order chi connectivity index (χ1) is 15.1. The Morgan fingerprint density at radius 3 is 2.65 bits per heavy atom. The molecule has 0 spiro atoms. The van der Waals surface area contributed by atoms with Gasteiger partial charge in [-0.25, -0.2) is 4.79 Å². The highest BCUT2D eigenvalue weighted by Crippen LogP contribution is 2.21. The molecular formula is C22H25N5O4. The molecule has 31 heavy (non-hydrogen) atoms. The lowest BCUT2D eigenvalue weighted by Crippen LogP contribution is -2.35. The fraction of sp³-hybridized carbons (Fsp3) is 0.318. The summed E-state index contributed by atoms with van der Waals surface area (Å²) < 4.78 is 12.0. The van der Waals surface area contributed by atoms with E-state index in [9.17, 15) is 9.59 Å². The third-order valence-electron chi connectivity index (χ3n) is 4.60. The maximum absolute atomic E-state index is 13.0. The lowest BCUT2D eigenvalue weighted by Gasteiger charge is -2.20. The molecule has 1 aromatic carbocycles. The van der Waals surface area contributed by atoms with E-state index in [1.54, 1.807) is 17.0 Å². The zero-order valence-corrected chi connectivity index (χ0v) is 17.6. The van der Waals surface area contributed by atoms with E-state index >= 15 is 0 Å². The van der Waals surface area contributed by atoms with Crippen LogP contribution in [0, 0.1) is 0 Å². The van der Waals surface area contributed by atoms with Crippen LogP contribution >= 0.6 is 0 Å². The Balaban J connectivity index is 1.84. The predicted octanol–water partition coefficient (Wildman–Crippen LogP) is 3.12. The quantitative estimate of drug-likeness (QED) is 0.364. The van der Waals surface area contributed by atoms with Crippen LogP contribution in [-0.4, -0.2) is 56.7 Å². The topological polar surface area (TPSA) is 103 Å². The van der Waals surface area contributed by atoms with Gasteiger partial charge in [0, 0.05) is 24.7 Å². The van der Waals surface area contributed by atoms with Crippen LogP contribution in [-0.2, 0) is 14.3 Å². The summed E-state index contributed by atoms with van der Waals surface area (Å²) in [5.74, 6) is -0.201. The number of aromatic nitrogens is 4. The van der Waals surface area contributed by atoms with Crippen molar-refractivity contribution < 1.29 is 18.7 Å². The van der Waals surface area contributed by atoms with Gasteiger partial charge in [-0.1, -0.05) is 43.7 Å². The molecule has 9 nitrogen and oxygen atoms in total. The third-order valence-corrected chi connectivity index (χ3v) is 4.60. The maximum Gasteiger partial charge on any atom is 0.357 e. The van der Waals surface area contributed by atoms with Gasteiger partial charge < -0.3 is 14.1 Å². The number of hydrogen-bond donors (Lipinski definition) is 0. The highest BCUT2D eigenvalue weighted by Gasteiger charge is 2.23. The van der Waals surface area contributed by atoms with Gasteiger partial charge >= 0.3 is 5.97 Å². The van der Waals surface area contributed by atoms with Gasteiger partial charge in [-0.15, -0.1) is 5.10 Å². The molecule has 0 fully saturated rings. The molecule has 0 radical (unpaired) electrons. The monoisotopic (exact) mass is 423 g/mol. The number of benzene rings is 1. The van der Waals surface area contributed by atoms with Crippen LogP contribution in [0.5, 0.6) is 0 Å². The predicted molar refractivity (Wildman–Crippen MR) is 114 cm³/mol. The van der Waals surface area contributed by atoms with E-state index in [2.05, 4.69) is 22.4 Å². The lowest BCUT2D eigenvalue weighted by atomic mass is 10.2. The molecule has 0 saturated carbocycles. The summed E-state index contributed by atoms with van der Waals surface area (Å²) in [6.45, 7) is 4.76. The Labute approximate surface area is 180 Å². The van der Waals surface area contributed by atoms with E-state index in [1.165, 1.54) is 17.0 Å². The molecule has 0 aliphatic rings. The molecule has 0 bridgehead atoms. The molecule has 0 N–H and O–H groups in total. The second-order valence-corrected chi connectivity index (χ2v) is 6.73. The summed E-state index contributed by atoms with van der Waals surface area (Å²) in [6, 6.07) is 12.6. The second kappa shape index (κ2) is 10.9. The molecule has 0 unspecified atom stereocenters. The van der Waals surface area contributed by atoms with Crippen molar-refractivity contribution in [2.24, 2.45) is 0 Å². The number of tetrazole rings is 1. The number of carbonyl (C=O) groups excluding carboxylic acids is 2. The first-order valence-electron chi connectivity index (χ1n) is 10.2. The zero-order chi connectivity index (χ0) is 22.1. The number of carbonyl (C=O) groups is 2. The number of furan rings is 1. The first kappa shape index (κ1) is 21.9. The average molecular weight is 423 g/mol. The fourth-order valence-electron chi connectivity index (χ4n) is 2.93. The van der Waals surface area contributed by atoms with Crippen molar-refractivity contribution in [2.45, 2.75) is 26.7 Å². The van der Waals surface area contributed by atoms with E-state index in [-0.39, 0.29) is 18.2 Å². The fourth-order valence-corrected chi connectivity index (χ4v) is 2.93. The summed E-state index contributed by atoms with van der Waals surface area (Å²) >= 11 is 0. The van der Waals surface area contributed by atoms with E-state index in [4.69, 9.17) is 9.15 Å². The number of ether oxygens (including phenoxy) is 1. The van der Waals surface area contributed by atoms with Gasteiger partial charge in [0.2, 0.25) is 0 Å². The largest absolute Gasteiger partial charge is 0.465 e. The Bertz CT molecular complexity index is 1010. The maximum atomic E-state index is 13.0. The number of unbranched alkanes of at least 4 members (excludes halogenated alkanes) is 1. The Morgan fingerprint density at radius 2 is 1.97 bits per heavy atom. The highest BCUT2D eigenvalue weighted by atomic mass is 16.5. The van der Waals surface area contributed by atoms with Crippen LogP contribution in [0.25, 0.3) is 23.2 Å². The number of hydrogen-bond acceptors (Lipinski definition) is 7. The van der Waals surface area contributed by atoms with Crippen LogP contribution in [0.4, 0.5) is 0 Å². The molecule has 1 amide bonds. The molecule has 0 aliphatic carbocycles. The van der Waals surface area contributed by atoms with E-state index in [1.807, 2.05) is 37.3 Å². The number of amides is 1. The number of nitrogens with zero attached hydrogens (tertiary/aromatic N) is 5. The van der Waals surface area contributed by atoms with Crippen molar-refractivity contribution in [3.05, 3.63) is 54.5 Å². The molecule has 3 aromatic rings. The minimum Gasteiger partial charge on any atom is -0.465 e. The van der Waals surface area contributed by atoms with Gasteiger partial charge in [0.25, 0.3) is 5.91 Å². The first-order valence-corrected chi connectivity index (χ1v) is 10.2. The summed E-state index contributed by atoms with van der Waals surface area (Å²) in [4.78, 5) is 27.1. The van der Waals surface area contributed by atoms with Gasteiger partial charge in [-0.05, 0) is 35.9 Å². The van der Waals surface area contributed by atoms with Crippen LogP contribution in [0.1, 0.15) is 32.4 Å². The molecule has 9 heteroatoms. The number of rotatable bonds is 10. The molecule has 0 aliphatic heterocycles. The summed E-state index contributed by atoms with van der Waals surface area (Å²) in [5, 5.41) is 11.7. The SMILES string of the molecule is CCCCN(CC)C(=O)COC(=O)/C(=C/c1ccco1)n1nnnc1-c1ccccc1. The van der Waals surface area contributed by atoms with Crippen molar-refractivity contribution in [1.82, 2.24) is 25.1 Å². The van der Waals surface area contributed by atoms with Crippen molar-refractivity contribution in [3.63, 3.8) is 0 Å². The Kier molecular flexibility index (Phi) is 7.69. The van der Waals surface area contributed by atoms with Gasteiger partial charge in [-0.3, -0.25) is 4.79 Å². The number of likely N-dealkylation sites (N-methyl/N-ethyl adjacent to an activating group) is 1. The standard InChI is InChI=1S/C22H25N5O4/c1-3-5-13-26(4-2)20(28)16-31-22(29)19(15-18-12-9-14-30-18)27-21(23-24-25-27)17-10-7-6-8-11-17/h6-12,14-15H,3-5,13,16H2,1-2H3/b19-15-.